The Hall–Kier alpha value is -3.17. The predicted octanol–water partition coefficient (Wildman–Crippen LogP) is 3.53. The highest BCUT2D eigenvalue weighted by Gasteiger charge is 2.33. The average molecular weight is 437 g/mol. The molecule has 0 radical (unpaired) electrons. The molecule has 3 amide bonds. The third kappa shape index (κ3) is 3.49. The molecule has 5 rings (SSSR count). The normalized spacial score (nSPS) is 18.1. The largest absolute Gasteiger partial charge is 0.378 e. The quantitative estimate of drug-likeness (QED) is 0.582. The van der Waals surface area contributed by atoms with Crippen molar-refractivity contribution < 1.29 is 9.59 Å². The third-order valence-corrected chi connectivity index (χ3v) is 6.81. The first-order valence-corrected chi connectivity index (χ1v) is 11.2. The summed E-state index contributed by atoms with van der Waals surface area (Å²) in [7, 11) is 3.95. The summed E-state index contributed by atoms with van der Waals surface area (Å²) < 4.78 is 0. The highest BCUT2D eigenvalue weighted by Crippen LogP contribution is 2.45. The van der Waals surface area contributed by atoms with Crippen LogP contribution < -0.4 is 25.8 Å². The highest BCUT2D eigenvalue weighted by molar-refractivity contribution is 7.21. The van der Waals surface area contributed by atoms with Crippen LogP contribution in [0.4, 0.5) is 27.5 Å². The van der Waals surface area contributed by atoms with Crippen molar-refractivity contribution in [1.29, 1.82) is 0 Å². The lowest BCUT2D eigenvalue weighted by Crippen LogP contribution is -2.45. The Bertz CT molecular complexity index is 1150. The molecular formula is C22H24N6O2S. The summed E-state index contributed by atoms with van der Waals surface area (Å²) in [6.07, 6.45) is 3.67. The second kappa shape index (κ2) is 7.82. The molecule has 1 saturated heterocycles. The van der Waals surface area contributed by atoms with Crippen LogP contribution in [0.25, 0.3) is 10.2 Å². The van der Waals surface area contributed by atoms with Gasteiger partial charge >= 0.3 is 6.03 Å². The fourth-order valence-corrected chi connectivity index (χ4v) is 5.15. The first-order valence-electron chi connectivity index (χ1n) is 10.3. The van der Waals surface area contributed by atoms with Crippen molar-refractivity contribution >= 4 is 56.2 Å². The zero-order valence-corrected chi connectivity index (χ0v) is 18.3. The van der Waals surface area contributed by atoms with Gasteiger partial charge in [-0.3, -0.25) is 9.69 Å². The molecule has 1 fully saturated rings. The average Bonchev–Trinajstić information content (AvgIpc) is 3.14. The summed E-state index contributed by atoms with van der Waals surface area (Å²) in [6, 6.07) is 9.41. The number of benzene rings is 1. The summed E-state index contributed by atoms with van der Waals surface area (Å²) >= 11 is 1.31. The van der Waals surface area contributed by atoms with Crippen LogP contribution in [0.3, 0.4) is 0 Å². The number of piperidine rings is 1. The maximum absolute atomic E-state index is 13.1. The zero-order chi connectivity index (χ0) is 21.5. The fourth-order valence-electron chi connectivity index (χ4n) is 4.13. The van der Waals surface area contributed by atoms with Gasteiger partial charge in [0.25, 0.3) is 5.91 Å². The first-order chi connectivity index (χ1) is 15.0. The smallest absolute Gasteiger partial charge is 0.331 e. The molecule has 4 heterocycles. The Balaban J connectivity index is 1.53. The summed E-state index contributed by atoms with van der Waals surface area (Å²) in [4.78, 5) is 35.5. The van der Waals surface area contributed by atoms with Gasteiger partial charge in [-0.15, -0.1) is 11.3 Å². The number of pyridine rings is 1. The molecule has 0 spiro atoms. The number of carbonyl (C=O) groups excluding carboxylic acids is 2. The maximum Gasteiger partial charge on any atom is 0.331 e. The molecule has 2 aliphatic rings. The van der Waals surface area contributed by atoms with E-state index in [0.29, 0.717) is 10.6 Å². The van der Waals surface area contributed by atoms with Gasteiger partial charge in [0.1, 0.15) is 9.71 Å². The summed E-state index contributed by atoms with van der Waals surface area (Å²) in [5, 5.41) is 10.2. The molecule has 0 unspecified atom stereocenters. The summed E-state index contributed by atoms with van der Waals surface area (Å²) in [5.41, 5.74) is 3.09. The number of amides is 3. The molecule has 8 nitrogen and oxygen atoms in total. The van der Waals surface area contributed by atoms with Crippen LogP contribution in [-0.4, -0.2) is 50.1 Å². The van der Waals surface area contributed by atoms with Gasteiger partial charge in [0.15, 0.2) is 0 Å². The molecule has 0 bridgehead atoms. The molecule has 3 N–H and O–H groups in total. The standard InChI is InChI=1S/C22H24N6O2S/c1-27(2)14-5-7-15(8-6-14)28-16-9-11-24-21-17(16)18(26-22(28)30)19(31-21)20(29)25-13-4-3-10-23-12-13/h5-9,11,13,23H,3-4,10,12H2,1-2H3,(H,25,29)(H,26,30)/t13-/m1/s1. The van der Waals surface area contributed by atoms with E-state index >= 15 is 0 Å². The van der Waals surface area contributed by atoms with Crippen LogP contribution >= 0.6 is 11.3 Å². The number of nitrogens with one attached hydrogen (secondary N) is 3. The first kappa shape index (κ1) is 19.8. The number of anilines is 4. The number of hydrogen-bond acceptors (Lipinski definition) is 6. The van der Waals surface area contributed by atoms with Crippen molar-refractivity contribution in [3.05, 3.63) is 41.4 Å². The topological polar surface area (TPSA) is 89.6 Å². The Kier molecular flexibility index (Phi) is 4.99. The van der Waals surface area contributed by atoms with E-state index in [4.69, 9.17) is 0 Å². The van der Waals surface area contributed by atoms with E-state index < -0.39 is 0 Å². The van der Waals surface area contributed by atoms with E-state index in [-0.39, 0.29) is 18.0 Å². The van der Waals surface area contributed by atoms with Crippen molar-refractivity contribution in [1.82, 2.24) is 15.6 Å². The van der Waals surface area contributed by atoms with Gasteiger partial charge in [-0.2, -0.15) is 0 Å². The number of aromatic nitrogens is 1. The van der Waals surface area contributed by atoms with Crippen molar-refractivity contribution in [2.45, 2.75) is 18.9 Å². The Morgan fingerprint density at radius 3 is 2.77 bits per heavy atom. The van der Waals surface area contributed by atoms with Crippen LogP contribution in [0.5, 0.6) is 0 Å². The van der Waals surface area contributed by atoms with E-state index in [1.165, 1.54) is 11.3 Å². The molecule has 9 heteroatoms. The van der Waals surface area contributed by atoms with Gasteiger partial charge in [-0.1, -0.05) is 0 Å². The van der Waals surface area contributed by atoms with Crippen molar-refractivity contribution in [3.8, 4) is 0 Å². The predicted molar refractivity (Wildman–Crippen MR) is 125 cm³/mol. The molecule has 2 aromatic heterocycles. The SMILES string of the molecule is CN(C)c1ccc(N2C(=O)Nc3c(C(=O)N[C@@H]4CCCNC4)sc4nccc2c34)cc1. The Morgan fingerprint density at radius 2 is 2.06 bits per heavy atom. The van der Waals surface area contributed by atoms with Crippen molar-refractivity contribution in [3.63, 3.8) is 0 Å². The number of carbonyl (C=O) groups is 2. The number of urea groups is 1. The molecule has 0 saturated carbocycles. The molecule has 160 valence electrons. The lowest BCUT2D eigenvalue weighted by molar-refractivity contribution is 0.0935. The van der Waals surface area contributed by atoms with Crippen LogP contribution in [0.1, 0.15) is 22.5 Å². The van der Waals surface area contributed by atoms with Crippen molar-refractivity contribution in [2.75, 3.05) is 42.3 Å². The summed E-state index contributed by atoms with van der Waals surface area (Å²) in [5.74, 6) is -0.165. The van der Waals surface area contributed by atoms with Gasteiger partial charge < -0.3 is 20.9 Å². The summed E-state index contributed by atoms with van der Waals surface area (Å²) in [6.45, 7) is 1.74. The van der Waals surface area contributed by atoms with Gasteiger partial charge in [0, 0.05) is 38.6 Å². The third-order valence-electron chi connectivity index (χ3n) is 5.71. The van der Waals surface area contributed by atoms with E-state index in [0.717, 1.165) is 53.2 Å². The molecule has 0 aliphatic carbocycles. The van der Waals surface area contributed by atoms with E-state index in [1.54, 1.807) is 11.1 Å². The monoisotopic (exact) mass is 436 g/mol. The van der Waals surface area contributed by atoms with Crippen LogP contribution in [0, 0.1) is 0 Å². The minimum absolute atomic E-state index is 0.0945. The molecular weight excluding hydrogens is 412 g/mol. The maximum atomic E-state index is 13.1. The molecule has 31 heavy (non-hydrogen) atoms. The minimum Gasteiger partial charge on any atom is -0.378 e. The molecule has 2 aliphatic heterocycles. The number of hydrogen-bond donors (Lipinski definition) is 3. The lowest BCUT2D eigenvalue weighted by Gasteiger charge is -2.29. The van der Waals surface area contributed by atoms with E-state index in [2.05, 4.69) is 20.9 Å². The zero-order valence-electron chi connectivity index (χ0n) is 17.4. The molecule has 1 aromatic carbocycles. The minimum atomic E-state index is -0.288. The fraction of sp³-hybridized carbons (Fsp3) is 0.318. The number of nitrogens with zero attached hydrogens (tertiary/aromatic N) is 3. The Labute approximate surface area is 184 Å². The second-order valence-electron chi connectivity index (χ2n) is 8.01. The molecule has 1 atom stereocenters. The Morgan fingerprint density at radius 1 is 1.26 bits per heavy atom. The van der Waals surface area contributed by atoms with Crippen LogP contribution in [0.15, 0.2) is 36.5 Å². The van der Waals surface area contributed by atoms with Crippen molar-refractivity contribution in [2.24, 2.45) is 0 Å². The van der Waals surface area contributed by atoms with E-state index in [9.17, 15) is 9.59 Å². The van der Waals surface area contributed by atoms with E-state index in [1.807, 2.05) is 49.3 Å². The molecule has 3 aromatic rings. The van der Waals surface area contributed by atoms with Gasteiger partial charge in [0.05, 0.1) is 22.4 Å². The van der Waals surface area contributed by atoms with Crippen LogP contribution in [0.2, 0.25) is 0 Å². The number of thiophene rings is 1. The van der Waals surface area contributed by atoms with Crippen LogP contribution in [-0.2, 0) is 0 Å². The van der Waals surface area contributed by atoms with Gasteiger partial charge in [-0.05, 0) is 49.7 Å². The van der Waals surface area contributed by atoms with Gasteiger partial charge in [0.2, 0.25) is 0 Å². The second-order valence-corrected chi connectivity index (χ2v) is 9.01. The number of rotatable bonds is 4. The highest BCUT2D eigenvalue weighted by atomic mass is 32.1. The lowest BCUT2D eigenvalue weighted by atomic mass is 10.1. The van der Waals surface area contributed by atoms with Gasteiger partial charge in [-0.25, -0.2) is 9.78 Å².